The van der Waals surface area contributed by atoms with Crippen molar-refractivity contribution in [2.45, 2.75) is 37.3 Å². The van der Waals surface area contributed by atoms with Crippen molar-refractivity contribution < 1.29 is 8.78 Å². The molecule has 0 aliphatic carbocycles. The van der Waals surface area contributed by atoms with E-state index >= 15 is 4.39 Å². The van der Waals surface area contributed by atoms with Crippen molar-refractivity contribution >= 4 is 16.9 Å². The molecule has 0 bridgehead atoms. The van der Waals surface area contributed by atoms with E-state index in [0.717, 1.165) is 30.8 Å². The fraction of sp³-hybridized carbons (Fsp3) is 0.542. The third kappa shape index (κ3) is 3.73. The summed E-state index contributed by atoms with van der Waals surface area (Å²) < 4.78 is 31.6. The molecule has 3 aromatic rings. The van der Waals surface area contributed by atoms with E-state index in [1.807, 2.05) is 31.2 Å². The first-order chi connectivity index (χ1) is 16.4. The third-order valence-electron chi connectivity index (χ3n) is 7.54. The molecule has 6 rings (SSSR count). The van der Waals surface area contributed by atoms with Crippen LogP contribution < -0.4 is 11.1 Å². The lowest BCUT2D eigenvalue weighted by atomic mass is 9.94. The van der Waals surface area contributed by atoms with Crippen molar-refractivity contribution in [3.8, 4) is 11.3 Å². The molecule has 2 atom stereocenters. The first kappa shape index (κ1) is 21.8. The van der Waals surface area contributed by atoms with Crippen molar-refractivity contribution in [2.75, 3.05) is 51.5 Å². The number of aromatic nitrogens is 4. The number of nitrogens with one attached hydrogen (secondary N) is 1. The molecule has 3 saturated heterocycles. The normalized spacial score (nSPS) is 25.9. The van der Waals surface area contributed by atoms with Crippen LogP contribution in [0.5, 0.6) is 0 Å². The van der Waals surface area contributed by atoms with Gasteiger partial charge in [-0.05, 0) is 13.3 Å². The van der Waals surface area contributed by atoms with E-state index in [1.54, 1.807) is 4.68 Å². The zero-order valence-corrected chi connectivity index (χ0v) is 19.3. The Balaban J connectivity index is 1.19. The van der Waals surface area contributed by atoms with E-state index in [9.17, 15) is 4.39 Å². The molecule has 0 unspecified atom stereocenters. The number of nitrogens with zero attached hydrogens (tertiary/aromatic N) is 6. The SMILES string of the molecule is Cc1ccc(-c2nn([C@H]3CCN(C4CN(CC5(F)CNC5)C4)C[C@H]3F)c3ncnc(N)c23)cc1. The molecule has 2 aromatic heterocycles. The maximum Gasteiger partial charge on any atom is 0.164 e. The lowest BCUT2D eigenvalue weighted by molar-refractivity contribution is -0.0450. The second-order valence-corrected chi connectivity index (χ2v) is 10.1. The first-order valence-electron chi connectivity index (χ1n) is 12.0. The van der Waals surface area contributed by atoms with Crippen LogP contribution in [0.25, 0.3) is 22.3 Å². The number of hydrogen-bond donors (Lipinski definition) is 2. The molecule has 10 heteroatoms. The predicted octanol–water partition coefficient (Wildman–Crippen LogP) is 1.96. The van der Waals surface area contributed by atoms with Gasteiger partial charge in [0.25, 0.3) is 0 Å². The average Bonchev–Trinajstić information content (AvgIpc) is 3.16. The van der Waals surface area contributed by atoms with E-state index in [1.165, 1.54) is 6.33 Å². The van der Waals surface area contributed by atoms with E-state index in [2.05, 4.69) is 25.1 Å². The average molecular weight is 469 g/mol. The predicted molar refractivity (Wildman–Crippen MR) is 127 cm³/mol. The smallest absolute Gasteiger partial charge is 0.164 e. The van der Waals surface area contributed by atoms with Gasteiger partial charge in [0.1, 0.15) is 29.7 Å². The lowest BCUT2D eigenvalue weighted by Crippen LogP contribution is -2.68. The monoisotopic (exact) mass is 468 g/mol. The van der Waals surface area contributed by atoms with Crippen LogP contribution in [-0.2, 0) is 0 Å². The van der Waals surface area contributed by atoms with Gasteiger partial charge in [0, 0.05) is 57.4 Å². The Hall–Kier alpha value is -2.69. The second-order valence-electron chi connectivity index (χ2n) is 10.1. The molecule has 0 saturated carbocycles. The molecule has 1 aromatic carbocycles. The van der Waals surface area contributed by atoms with Crippen LogP contribution in [0.4, 0.5) is 14.6 Å². The summed E-state index contributed by atoms with van der Waals surface area (Å²) in [5.74, 6) is 0.349. The molecule has 3 aliphatic rings. The molecule has 3 fully saturated rings. The molecule has 8 nitrogen and oxygen atoms in total. The number of alkyl halides is 2. The van der Waals surface area contributed by atoms with Gasteiger partial charge in [-0.2, -0.15) is 5.10 Å². The van der Waals surface area contributed by atoms with Gasteiger partial charge in [0.15, 0.2) is 5.65 Å². The van der Waals surface area contributed by atoms with Gasteiger partial charge >= 0.3 is 0 Å². The zero-order valence-electron chi connectivity index (χ0n) is 19.3. The Morgan fingerprint density at radius 1 is 1.15 bits per heavy atom. The fourth-order valence-corrected chi connectivity index (χ4v) is 5.47. The highest BCUT2D eigenvalue weighted by Crippen LogP contribution is 2.36. The van der Waals surface area contributed by atoms with Crippen molar-refractivity contribution in [2.24, 2.45) is 0 Å². The number of piperidine rings is 1. The number of benzene rings is 1. The molecule has 0 radical (unpaired) electrons. The Bertz CT molecular complexity index is 1190. The van der Waals surface area contributed by atoms with E-state index in [-0.39, 0.29) is 6.04 Å². The van der Waals surface area contributed by atoms with Crippen LogP contribution in [0.15, 0.2) is 30.6 Å². The molecule has 3 aliphatic heterocycles. The van der Waals surface area contributed by atoms with Crippen LogP contribution in [0.2, 0.25) is 0 Å². The highest BCUT2D eigenvalue weighted by molar-refractivity contribution is 5.98. The summed E-state index contributed by atoms with van der Waals surface area (Å²) in [6.45, 7) is 6.07. The van der Waals surface area contributed by atoms with E-state index < -0.39 is 17.9 Å². The Morgan fingerprint density at radius 3 is 2.59 bits per heavy atom. The summed E-state index contributed by atoms with van der Waals surface area (Å²) in [4.78, 5) is 12.9. The van der Waals surface area contributed by atoms with Crippen molar-refractivity contribution in [1.82, 2.24) is 34.9 Å². The number of fused-ring (bicyclic) bond motifs is 1. The van der Waals surface area contributed by atoms with Crippen molar-refractivity contribution in [3.05, 3.63) is 36.2 Å². The second kappa shape index (κ2) is 8.21. The van der Waals surface area contributed by atoms with Gasteiger partial charge in [-0.25, -0.2) is 23.4 Å². The van der Waals surface area contributed by atoms with Crippen molar-refractivity contribution in [3.63, 3.8) is 0 Å². The summed E-state index contributed by atoms with van der Waals surface area (Å²) in [6, 6.07) is 7.89. The molecule has 0 amide bonds. The zero-order chi connectivity index (χ0) is 23.4. The summed E-state index contributed by atoms with van der Waals surface area (Å²) in [7, 11) is 0. The Morgan fingerprint density at radius 2 is 1.91 bits per heavy atom. The topological polar surface area (TPSA) is 88.1 Å². The van der Waals surface area contributed by atoms with Crippen LogP contribution in [-0.4, -0.2) is 93.2 Å². The molecular weight excluding hydrogens is 438 g/mol. The number of nitrogens with two attached hydrogens (primary N) is 1. The fourth-order valence-electron chi connectivity index (χ4n) is 5.47. The molecule has 3 N–H and O–H groups in total. The van der Waals surface area contributed by atoms with Crippen LogP contribution in [0, 0.1) is 6.92 Å². The highest BCUT2D eigenvalue weighted by atomic mass is 19.1. The molecule has 0 spiro atoms. The lowest BCUT2D eigenvalue weighted by Gasteiger charge is -2.51. The largest absolute Gasteiger partial charge is 0.383 e. The highest BCUT2D eigenvalue weighted by Gasteiger charge is 2.44. The summed E-state index contributed by atoms with van der Waals surface area (Å²) >= 11 is 0. The number of likely N-dealkylation sites (tertiary alicyclic amines) is 2. The van der Waals surface area contributed by atoms with E-state index in [4.69, 9.17) is 10.8 Å². The third-order valence-corrected chi connectivity index (χ3v) is 7.54. The number of nitrogen functional groups attached to an aromatic ring is 1. The van der Waals surface area contributed by atoms with Gasteiger partial charge in [0.05, 0.1) is 11.4 Å². The number of anilines is 1. The standard InChI is InChI=1S/C24H30F2N8/c1-15-2-4-16(5-3-15)21-20-22(27)29-14-30-23(20)34(31-21)19-6-7-33(10-18(19)25)17-8-32(9-17)13-24(26)11-28-12-24/h2-5,14,17-19,28H,6-13H2,1H3,(H2,27,29,30)/t18-,19+/m1/s1. The number of rotatable bonds is 5. The Labute approximate surface area is 197 Å². The maximum absolute atomic E-state index is 15.6. The van der Waals surface area contributed by atoms with E-state index in [0.29, 0.717) is 55.1 Å². The summed E-state index contributed by atoms with van der Waals surface area (Å²) in [5.41, 5.74) is 8.43. The van der Waals surface area contributed by atoms with Gasteiger partial charge in [0.2, 0.25) is 0 Å². The van der Waals surface area contributed by atoms with Crippen LogP contribution in [0.1, 0.15) is 18.0 Å². The van der Waals surface area contributed by atoms with Crippen molar-refractivity contribution in [1.29, 1.82) is 0 Å². The summed E-state index contributed by atoms with van der Waals surface area (Å²) in [6.07, 6.45) is 0.953. The first-order valence-corrected chi connectivity index (χ1v) is 12.0. The quantitative estimate of drug-likeness (QED) is 0.592. The molecule has 5 heterocycles. The maximum atomic E-state index is 15.6. The summed E-state index contributed by atoms with van der Waals surface area (Å²) in [5, 5.41) is 8.48. The van der Waals surface area contributed by atoms with Gasteiger partial charge in [-0.15, -0.1) is 0 Å². The minimum atomic E-state index is -1.10. The van der Waals surface area contributed by atoms with Crippen LogP contribution >= 0.6 is 0 Å². The molecule has 34 heavy (non-hydrogen) atoms. The van der Waals surface area contributed by atoms with Crippen LogP contribution in [0.3, 0.4) is 0 Å². The minimum absolute atomic E-state index is 0.284. The van der Waals surface area contributed by atoms with Gasteiger partial charge < -0.3 is 11.1 Å². The minimum Gasteiger partial charge on any atom is -0.383 e. The molecular formula is C24H30F2N8. The number of hydrogen-bond acceptors (Lipinski definition) is 7. The molecule has 180 valence electrons. The van der Waals surface area contributed by atoms with Gasteiger partial charge in [-0.3, -0.25) is 9.80 Å². The van der Waals surface area contributed by atoms with Gasteiger partial charge in [-0.1, -0.05) is 29.8 Å². The number of aryl methyl sites for hydroxylation is 1. The Kier molecular flexibility index (Phi) is 5.27. The number of halogens is 2.